The van der Waals surface area contributed by atoms with Gasteiger partial charge in [-0.15, -0.1) is 0 Å². The van der Waals surface area contributed by atoms with Crippen molar-refractivity contribution in [2.75, 3.05) is 23.7 Å². The molecule has 16 heavy (non-hydrogen) atoms. The molecule has 2 rings (SSSR count). The van der Waals surface area contributed by atoms with E-state index in [2.05, 4.69) is 9.97 Å². The number of hydrogen-bond acceptors (Lipinski definition) is 5. The van der Waals surface area contributed by atoms with Crippen LogP contribution in [0.5, 0.6) is 0 Å². The quantitative estimate of drug-likeness (QED) is 0.712. The minimum atomic E-state index is -0.00641. The Morgan fingerprint density at radius 2 is 2.38 bits per heavy atom. The number of aromatic nitrogens is 2. The summed E-state index contributed by atoms with van der Waals surface area (Å²) in [6, 6.07) is 0. The summed E-state index contributed by atoms with van der Waals surface area (Å²) in [5.41, 5.74) is 11.7. The van der Waals surface area contributed by atoms with Gasteiger partial charge in [0.2, 0.25) is 11.2 Å². The van der Waals surface area contributed by atoms with Gasteiger partial charge >= 0.3 is 0 Å². The van der Waals surface area contributed by atoms with Gasteiger partial charge < -0.3 is 16.4 Å². The first-order valence-corrected chi connectivity index (χ1v) is 5.28. The van der Waals surface area contributed by atoms with E-state index in [1.165, 1.54) is 6.20 Å². The zero-order chi connectivity index (χ0) is 11.7. The van der Waals surface area contributed by atoms with Crippen LogP contribution in [-0.4, -0.2) is 29.0 Å². The Kier molecular flexibility index (Phi) is 2.93. The summed E-state index contributed by atoms with van der Waals surface area (Å²) in [7, 11) is 0. The van der Waals surface area contributed by atoms with Crippen molar-refractivity contribution in [1.82, 2.24) is 9.97 Å². The fourth-order valence-electron chi connectivity index (χ4n) is 1.75. The van der Waals surface area contributed by atoms with Gasteiger partial charge in [-0.25, -0.2) is 4.98 Å². The van der Waals surface area contributed by atoms with E-state index in [0.29, 0.717) is 25.2 Å². The molecular formula is C9H12ClN5O. The largest absolute Gasteiger partial charge is 0.382 e. The van der Waals surface area contributed by atoms with Crippen LogP contribution in [-0.2, 0) is 4.79 Å². The first-order valence-electron chi connectivity index (χ1n) is 4.90. The predicted molar refractivity (Wildman–Crippen MR) is 61.0 cm³/mol. The minimum absolute atomic E-state index is 0.00641. The Balaban J connectivity index is 2.28. The molecule has 1 unspecified atom stereocenters. The van der Waals surface area contributed by atoms with Gasteiger partial charge in [-0.05, 0) is 24.1 Å². The van der Waals surface area contributed by atoms with Crippen molar-refractivity contribution >= 4 is 29.0 Å². The van der Waals surface area contributed by atoms with E-state index in [0.717, 1.165) is 0 Å². The molecule has 1 fully saturated rings. The van der Waals surface area contributed by atoms with Crippen molar-refractivity contribution in [3.8, 4) is 0 Å². The van der Waals surface area contributed by atoms with E-state index in [1.54, 1.807) is 4.90 Å². The average molecular weight is 242 g/mol. The summed E-state index contributed by atoms with van der Waals surface area (Å²) in [5, 5.41) is 0.0725. The lowest BCUT2D eigenvalue weighted by Gasteiger charge is -2.17. The van der Waals surface area contributed by atoms with Crippen LogP contribution in [0.15, 0.2) is 6.20 Å². The minimum Gasteiger partial charge on any atom is -0.382 e. The maximum absolute atomic E-state index is 11.7. The number of hydrogen-bond donors (Lipinski definition) is 2. The number of rotatable bonds is 2. The number of carbonyl (C=O) groups excluding carboxylic acids is 1. The number of amides is 1. The maximum atomic E-state index is 11.7. The normalized spacial score (nSPS) is 20.5. The van der Waals surface area contributed by atoms with Gasteiger partial charge in [-0.2, -0.15) is 4.98 Å². The van der Waals surface area contributed by atoms with Crippen LogP contribution in [0, 0.1) is 5.92 Å². The van der Waals surface area contributed by atoms with E-state index < -0.39 is 0 Å². The number of carbonyl (C=O) groups is 1. The van der Waals surface area contributed by atoms with E-state index in [1.807, 2.05) is 0 Å². The lowest BCUT2D eigenvalue weighted by atomic mass is 10.1. The zero-order valence-corrected chi connectivity index (χ0v) is 9.31. The highest BCUT2D eigenvalue weighted by molar-refractivity contribution is 6.28. The highest BCUT2D eigenvalue weighted by Crippen LogP contribution is 2.28. The summed E-state index contributed by atoms with van der Waals surface area (Å²) < 4.78 is 0. The molecule has 0 saturated carbocycles. The molecule has 1 atom stereocenters. The molecule has 0 aromatic carbocycles. The number of nitrogens with two attached hydrogens (primary N) is 2. The van der Waals surface area contributed by atoms with E-state index in [-0.39, 0.29) is 22.9 Å². The Morgan fingerprint density at radius 1 is 1.62 bits per heavy atom. The zero-order valence-electron chi connectivity index (χ0n) is 8.56. The number of anilines is 2. The van der Waals surface area contributed by atoms with Crippen LogP contribution in [0.2, 0.25) is 5.28 Å². The van der Waals surface area contributed by atoms with Gasteiger partial charge in [0.05, 0.1) is 6.20 Å². The lowest BCUT2D eigenvalue weighted by molar-refractivity contribution is -0.117. The maximum Gasteiger partial charge on any atom is 0.227 e. The first-order chi connectivity index (χ1) is 7.61. The van der Waals surface area contributed by atoms with E-state index in [9.17, 15) is 4.79 Å². The third-order valence-corrected chi connectivity index (χ3v) is 2.78. The van der Waals surface area contributed by atoms with Crippen LogP contribution in [0.25, 0.3) is 0 Å². The second kappa shape index (κ2) is 4.23. The molecule has 0 aliphatic carbocycles. The van der Waals surface area contributed by atoms with E-state index in [4.69, 9.17) is 23.1 Å². The fourth-order valence-corrected chi connectivity index (χ4v) is 1.89. The lowest BCUT2D eigenvalue weighted by Crippen LogP contribution is -2.27. The molecule has 0 radical (unpaired) electrons. The molecule has 1 aliphatic heterocycles. The van der Waals surface area contributed by atoms with Gasteiger partial charge in [-0.3, -0.25) is 4.79 Å². The second-order valence-corrected chi connectivity index (χ2v) is 4.06. The molecule has 1 aromatic heterocycles. The molecule has 0 spiro atoms. The molecule has 7 heteroatoms. The summed E-state index contributed by atoms with van der Waals surface area (Å²) in [6.45, 7) is 1.04. The van der Waals surface area contributed by atoms with Crippen molar-refractivity contribution in [3.05, 3.63) is 11.5 Å². The highest BCUT2D eigenvalue weighted by atomic mass is 35.5. The summed E-state index contributed by atoms with van der Waals surface area (Å²) in [4.78, 5) is 20.9. The second-order valence-electron chi connectivity index (χ2n) is 3.72. The van der Waals surface area contributed by atoms with Crippen molar-refractivity contribution in [2.24, 2.45) is 11.7 Å². The molecular weight excluding hydrogens is 230 g/mol. The fraction of sp³-hybridized carbons (Fsp3) is 0.444. The van der Waals surface area contributed by atoms with Gasteiger partial charge in [0.1, 0.15) is 5.69 Å². The number of nitrogen functional groups attached to an aromatic ring is 1. The first kappa shape index (κ1) is 11.1. The molecule has 1 aliphatic rings. The molecule has 1 amide bonds. The van der Waals surface area contributed by atoms with Gasteiger partial charge in [0.25, 0.3) is 0 Å². The van der Waals surface area contributed by atoms with Crippen LogP contribution < -0.4 is 16.4 Å². The topological polar surface area (TPSA) is 98.1 Å². The molecule has 4 N–H and O–H groups in total. The standard InChI is InChI=1S/C9H12ClN5O/c10-9-13-3-6(8(12)14-9)15-4-5(2-11)1-7(15)16/h3,5H,1-2,4,11H2,(H2,12,13,14). The molecule has 86 valence electrons. The molecule has 1 aromatic rings. The third-order valence-electron chi connectivity index (χ3n) is 2.60. The SMILES string of the molecule is NCC1CC(=O)N(c2cnc(Cl)nc2N)C1. The van der Waals surface area contributed by atoms with Crippen molar-refractivity contribution in [2.45, 2.75) is 6.42 Å². The molecule has 2 heterocycles. The Morgan fingerprint density at radius 3 is 2.94 bits per heavy atom. The average Bonchev–Trinajstić information content (AvgIpc) is 2.60. The number of nitrogens with zero attached hydrogens (tertiary/aromatic N) is 3. The Bertz CT molecular complexity index is 424. The van der Waals surface area contributed by atoms with Crippen LogP contribution in [0.3, 0.4) is 0 Å². The smallest absolute Gasteiger partial charge is 0.227 e. The van der Waals surface area contributed by atoms with Crippen molar-refractivity contribution in [1.29, 1.82) is 0 Å². The molecule has 6 nitrogen and oxygen atoms in total. The predicted octanol–water partition coefficient (Wildman–Crippen LogP) is 0.0238. The van der Waals surface area contributed by atoms with Crippen LogP contribution in [0.4, 0.5) is 11.5 Å². The van der Waals surface area contributed by atoms with Crippen molar-refractivity contribution < 1.29 is 4.79 Å². The van der Waals surface area contributed by atoms with Gasteiger partial charge in [0.15, 0.2) is 5.82 Å². The van der Waals surface area contributed by atoms with Crippen molar-refractivity contribution in [3.63, 3.8) is 0 Å². The summed E-state index contributed by atoms with van der Waals surface area (Å²) in [5.74, 6) is 0.377. The summed E-state index contributed by atoms with van der Waals surface area (Å²) in [6.07, 6.45) is 1.90. The Labute approximate surface area is 97.6 Å². The van der Waals surface area contributed by atoms with Gasteiger partial charge in [-0.1, -0.05) is 0 Å². The molecule has 0 bridgehead atoms. The van der Waals surface area contributed by atoms with Crippen LogP contribution in [0.1, 0.15) is 6.42 Å². The Hall–Kier alpha value is -1.40. The molecule has 1 saturated heterocycles. The van der Waals surface area contributed by atoms with Gasteiger partial charge in [0, 0.05) is 13.0 Å². The third kappa shape index (κ3) is 1.94. The summed E-state index contributed by atoms with van der Waals surface area (Å²) >= 11 is 5.59. The monoisotopic (exact) mass is 241 g/mol. The van der Waals surface area contributed by atoms with E-state index >= 15 is 0 Å². The number of halogens is 1. The van der Waals surface area contributed by atoms with Crippen LogP contribution >= 0.6 is 11.6 Å². The highest BCUT2D eigenvalue weighted by Gasteiger charge is 2.31.